The van der Waals surface area contributed by atoms with Gasteiger partial charge >= 0.3 is 0 Å². The van der Waals surface area contributed by atoms with Crippen LogP contribution in [-0.2, 0) is 6.54 Å². The van der Waals surface area contributed by atoms with Gasteiger partial charge in [0.2, 0.25) is 0 Å². The molecule has 1 N–H and O–H groups in total. The zero-order valence-corrected chi connectivity index (χ0v) is 14.8. The van der Waals surface area contributed by atoms with Crippen LogP contribution in [0, 0.1) is 6.92 Å². The van der Waals surface area contributed by atoms with Crippen LogP contribution in [0.1, 0.15) is 45.7 Å². The van der Waals surface area contributed by atoms with E-state index in [-0.39, 0.29) is 5.91 Å². The topological polar surface area (TPSA) is 52.2 Å². The number of aryl methyl sites for hydroxylation is 1. The maximum absolute atomic E-state index is 12.7. The monoisotopic (exact) mass is 332 g/mol. The number of hydrogen-bond donors (Lipinski definition) is 1. The van der Waals surface area contributed by atoms with Gasteiger partial charge in [0.05, 0.1) is 10.6 Å². The highest BCUT2D eigenvalue weighted by Gasteiger charge is 2.25. The van der Waals surface area contributed by atoms with Crippen molar-refractivity contribution in [2.75, 3.05) is 26.2 Å². The van der Waals surface area contributed by atoms with Crippen LogP contribution in [0.2, 0.25) is 0 Å². The Labute approximate surface area is 141 Å². The molecule has 124 valence electrons. The number of thiazole rings is 1. The highest BCUT2D eigenvalue weighted by Crippen LogP contribution is 2.20. The number of carbonyl (C=O) groups is 1. The van der Waals surface area contributed by atoms with E-state index < -0.39 is 0 Å². The summed E-state index contributed by atoms with van der Waals surface area (Å²) in [6.45, 7) is 10.6. The molecule has 0 aliphatic carbocycles. The van der Waals surface area contributed by atoms with E-state index in [4.69, 9.17) is 0 Å². The number of H-pyrrole nitrogens is 1. The summed E-state index contributed by atoms with van der Waals surface area (Å²) >= 11 is 1.75. The van der Waals surface area contributed by atoms with Crippen LogP contribution in [0.3, 0.4) is 0 Å². The first-order valence-corrected chi connectivity index (χ1v) is 8.96. The molecule has 0 spiro atoms. The predicted octanol–water partition coefficient (Wildman–Crippen LogP) is 2.86. The van der Waals surface area contributed by atoms with Crippen molar-refractivity contribution in [2.45, 2.75) is 33.2 Å². The number of amides is 1. The fourth-order valence-electron chi connectivity index (χ4n) is 3.02. The molecule has 3 heterocycles. The summed E-state index contributed by atoms with van der Waals surface area (Å²) in [6.07, 6.45) is 3.83. The molecule has 1 fully saturated rings. The Balaban J connectivity index is 1.58. The summed E-state index contributed by atoms with van der Waals surface area (Å²) in [7, 11) is 0. The largest absolute Gasteiger partial charge is 0.364 e. The van der Waals surface area contributed by atoms with E-state index in [9.17, 15) is 4.79 Å². The molecule has 2 aromatic heterocycles. The van der Waals surface area contributed by atoms with Crippen LogP contribution in [0.25, 0.3) is 0 Å². The van der Waals surface area contributed by atoms with Gasteiger partial charge < -0.3 is 9.88 Å². The Kier molecular flexibility index (Phi) is 4.82. The van der Waals surface area contributed by atoms with Crippen molar-refractivity contribution in [3.63, 3.8) is 0 Å². The van der Waals surface area contributed by atoms with Crippen LogP contribution in [0.4, 0.5) is 0 Å². The number of aromatic nitrogens is 2. The smallest absolute Gasteiger partial charge is 0.255 e. The number of piperazine rings is 1. The van der Waals surface area contributed by atoms with Crippen molar-refractivity contribution >= 4 is 17.2 Å². The van der Waals surface area contributed by atoms with Gasteiger partial charge in [0, 0.05) is 55.7 Å². The molecular formula is C17H24N4OS. The van der Waals surface area contributed by atoms with Crippen LogP contribution < -0.4 is 0 Å². The summed E-state index contributed by atoms with van der Waals surface area (Å²) in [6, 6.07) is 1.91. The second kappa shape index (κ2) is 6.84. The first-order chi connectivity index (χ1) is 11.0. The van der Waals surface area contributed by atoms with Gasteiger partial charge in [0.25, 0.3) is 5.91 Å². The molecule has 23 heavy (non-hydrogen) atoms. The van der Waals surface area contributed by atoms with Gasteiger partial charge in [-0.05, 0) is 18.9 Å². The van der Waals surface area contributed by atoms with Crippen molar-refractivity contribution in [3.8, 4) is 0 Å². The second-order valence-electron chi connectivity index (χ2n) is 6.37. The van der Waals surface area contributed by atoms with Gasteiger partial charge in [0.15, 0.2) is 0 Å². The van der Waals surface area contributed by atoms with E-state index in [1.807, 2.05) is 30.3 Å². The SMILES string of the molecule is Cc1ncc(CN2CCN(C(=O)c3cc[nH]c3C(C)C)CC2)s1. The van der Waals surface area contributed by atoms with Crippen LogP contribution >= 0.6 is 11.3 Å². The Morgan fingerprint density at radius 1 is 1.35 bits per heavy atom. The minimum absolute atomic E-state index is 0.156. The molecule has 0 bridgehead atoms. The van der Waals surface area contributed by atoms with Crippen molar-refractivity contribution in [1.29, 1.82) is 0 Å². The van der Waals surface area contributed by atoms with Crippen LogP contribution in [0.5, 0.6) is 0 Å². The lowest BCUT2D eigenvalue weighted by Gasteiger charge is -2.34. The third kappa shape index (κ3) is 3.64. The summed E-state index contributed by atoms with van der Waals surface area (Å²) in [5, 5.41) is 1.11. The van der Waals surface area contributed by atoms with E-state index in [0.717, 1.165) is 49.0 Å². The fraction of sp³-hybridized carbons (Fsp3) is 0.529. The lowest BCUT2D eigenvalue weighted by molar-refractivity contribution is 0.0628. The zero-order chi connectivity index (χ0) is 16.4. The summed E-state index contributed by atoms with van der Waals surface area (Å²) in [4.78, 5) is 25.9. The predicted molar refractivity (Wildman–Crippen MR) is 92.9 cm³/mol. The molecule has 5 nitrogen and oxygen atoms in total. The second-order valence-corrected chi connectivity index (χ2v) is 7.69. The van der Waals surface area contributed by atoms with Crippen molar-refractivity contribution in [1.82, 2.24) is 19.8 Å². The molecule has 1 aliphatic heterocycles. The maximum Gasteiger partial charge on any atom is 0.255 e. The maximum atomic E-state index is 12.7. The molecule has 0 saturated carbocycles. The van der Waals surface area contributed by atoms with Gasteiger partial charge in [-0.3, -0.25) is 9.69 Å². The van der Waals surface area contributed by atoms with Gasteiger partial charge in [0.1, 0.15) is 0 Å². The Hall–Kier alpha value is -1.66. The first kappa shape index (κ1) is 16.2. The summed E-state index contributed by atoms with van der Waals surface area (Å²) < 4.78 is 0. The van der Waals surface area contributed by atoms with E-state index in [0.29, 0.717) is 5.92 Å². The number of nitrogens with one attached hydrogen (secondary N) is 1. The molecule has 0 aromatic carbocycles. The third-order valence-corrected chi connectivity index (χ3v) is 5.19. The number of rotatable bonds is 4. The molecule has 3 rings (SSSR count). The van der Waals surface area contributed by atoms with Gasteiger partial charge in [-0.25, -0.2) is 4.98 Å². The standard InChI is InChI=1S/C17H24N4OS/c1-12(2)16-15(4-5-18-16)17(22)21-8-6-20(7-9-21)11-14-10-19-13(3)23-14/h4-5,10,12,18H,6-9,11H2,1-3H3. The number of carbonyl (C=O) groups excluding carboxylic acids is 1. The molecule has 0 unspecified atom stereocenters. The molecular weight excluding hydrogens is 308 g/mol. The lowest BCUT2D eigenvalue weighted by Crippen LogP contribution is -2.48. The van der Waals surface area contributed by atoms with Crippen molar-refractivity contribution in [2.24, 2.45) is 0 Å². The number of aromatic amines is 1. The highest BCUT2D eigenvalue weighted by atomic mass is 32.1. The van der Waals surface area contributed by atoms with Crippen molar-refractivity contribution in [3.05, 3.63) is 39.6 Å². The first-order valence-electron chi connectivity index (χ1n) is 8.15. The fourth-order valence-corrected chi connectivity index (χ4v) is 3.86. The Bertz CT molecular complexity index is 668. The highest BCUT2D eigenvalue weighted by molar-refractivity contribution is 7.11. The normalized spacial score (nSPS) is 16.3. The zero-order valence-electron chi connectivity index (χ0n) is 14.0. The van der Waals surface area contributed by atoms with Crippen LogP contribution in [-0.4, -0.2) is 51.9 Å². The number of hydrogen-bond acceptors (Lipinski definition) is 4. The minimum Gasteiger partial charge on any atom is -0.364 e. The van der Waals surface area contributed by atoms with E-state index >= 15 is 0 Å². The Morgan fingerprint density at radius 3 is 2.70 bits per heavy atom. The molecule has 2 aromatic rings. The molecule has 1 aliphatic rings. The quantitative estimate of drug-likeness (QED) is 0.937. The summed E-state index contributed by atoms with van der Waals surface area (Å²) in [5.74, 6) is 0.489. The third-order valence-electron chi connectivity index (χ3n) is 4.29. The van der Waals surface area contributed by atoms with Gasteiger partial charge in [-0.15, -0.1) is 11.3 Å². The average Bonchev–Trinajstić information content (AvgIpc) is 3.16. The van der Waals surface area contributed by atoms with Gasteiger partial charge in [-0.1, -0.05) is 13.8 Å². The van der Waals surface area contributed by atoms with E-state index in [2.05, 4.69) is 28.7 Å². The minimum atomic E-state index is 0.156. The molecule has 6 heteroatoms. The average molecular weight is 332 g/mol. The molecule has 0 atom stereocenters. The lowest BCUT2D eigenvalue weighted by atomic mass is 10.1. The van der Waals surface area contributed by atoms with Crippen molar-refractivity contribution < 1.29 is 4.79 Å². The summed E-state index contributed by atoms with van der Waals surface area (Å²) in [5.41, 5.74) is 1.86. The van der Waals surface area contributed by atoms with Crippen LogP contribution in [0.15, 0.2) is 18.5 Å². The molecule has 1 saturated heterocycles. The molecule has 0 radical (unpaired) electrons. The number of nitrogens with zero attached hydrogens (tertiary/aromatic N) is 3. The van der Waals surface area contributed by atoms with Gasteiger partial charge in [-0.2, -0.15) is 0 Å². The van der Waals surface area contributed by atoms with E-state index in [1.165, 1.54) is 4.88 Å². The molecule has 1 amide bonds. The van der Waals surface area contributed by atoms with E-state index in [1.54, 1.807) is 11.3 Å². The Morgan fingerprint density at radius 2 is 2.09 bits per heavy atom.